The summed E-state index contributed by atoms with van der Waals surface area (Å²) >= 11 is 0. The third-order valence-corrected chi connectivity index (χ3v) is 3.08. The number of nitrogens with one attached hydrogen (secondary N) is 1. The quantitative estimate of drug-likeness (QED) is 0.855. The number of halogens is 3. The molecule has 1 aliphatic rings. The smallest absolute Gasteiger partial charge is 0.251 e. The molecule has 0 radical (unpaired) electrons. The summed E-state index contributed by atoms with van der Waals surface area (Å²) in [6.07, 6.45) is 1.47. The minimum absolute atomic E-state index is 0.0692. The third-order valence-electron chi connectivity index (χ3n) is 3.08. The molecule has 2 rings (SSSR count). The average Bonchev–Trinajstić information content (AvgIpc) is 2.32. The van der Waals surface area contributed by atoms with Gasteiger partial charge < -0.3 is 10.1 Å². The number of ether oxygens (including phenoxy) is 1. The van der Waals surface area contributed by atoms with Crippen LogP contribution < -0.4 is 5.32 Å². The van der Waals surface area contributed by atoms with Crippen molar-refractivity contribution in [3.63, 3.8) is 0 Å². The molecule has 0 aliphatic heterocycles. The van der Waals surface area contributed by atoms with Crippen LogP contribution in [0.15, 0.2) is 12.1 Å². The SMILES string of the molecule is CCOC1CC(NC(=O)c2cc(F)c(F)c(F)c2)C1. The van der Waals surface area contributed by atoms with E-state index in [0.29, 0.717) is 31.6 Å². The molecule has 0 aromatic heterocycles. The second kappa shape index (κ2) is 5.61. The Hall–Kier alpha value is -1.56. The van der Waals surface area contributed by atoms with E-state index in [4.69, 9.17) is 4.74 Å². The van der Waals surface area contributed by atoms with E-state index in [2.05, 4.69) is 5.32 Å². The molecule has 1 aromatic carbocycles. The van der Waals surface area contributed by atoms with E-state index in [9.17, 15) is 18.0 Å². The van der Waals surface area contributed by atoms with Crippen molar-refractivity contribution in [2.75, 3.05) is 6.61 Å². The van der Waals surface area contributed by atoms with Gasteiger partial charge in [-0.05, 0) is 31.9 Å². The molecule has 3 nitrogen and oxygen atoms in total. The lowest BCUT2D eigenvalue weighted by atomic mass is 9.89. The largest absolute Gasteiger partial charge is 0.378 e. The summed E-state index contributed by atoms with van der Waals surface area (Å²) in [5, 5.41) is 2.62. The summed E-state index contributed by atoms with van der Waals surface area (Å²) in [5.41, 5.74) is -0.226. The molecule has 0 heterocycles. The zero-order valence-corrected chi connectivity index (χ0v) is 10.4. The van der Waals surface area contributed by atoms with Gasteiger partial charge in [0.15, 0.2) is 17.5 Å². The fourth-order valence-electron chi connectivity index (χ4n) is 2.01. The standard InChI is InChI=1S/C13H14F3NO2/c1-2-19-9-5-8(6-9)17-13(18)7-3-10(14)12(16)11(15)4-7/h3-4,8-9H,2,5-6H2,1H3,(H,17,18). The predicted molar refractivity (Wildman–Crippen MR) is 62.2 cm³/mol. The summed E-state index contributed by atoms with van der Waals surface area (Å²) in [7, 11) is 0. The first-order valence-electron chi connectivity index (χ1n) is 6.08. The van der Waals surface area contributed by atoms with Gasteiger partial charge in [-0.2, -0.15) is 0 Å². The van der Waals surface area contributed by atoms with Crippen molar-refractivity contribution >= 4 is 5.91 Å². The molecule has 1 aromatic rings. The number of benzene rings is 1. The van der Waals surface area contributed by atoms with Gasteiger partial charge in [0, 0.05) is 18.2 Å². The van der Waals surface area contributed by atoms with Gasteiger partial charge in [0.05, 0.1) is 6.10 Å². The zero-order chi connectivity index (χ0) is 14.0. The van der Waals surface area contributed by atoms with Crippen molar-refractivity contribution in [2.45, 2.75) is 31.9 Å². The summed E-state index contributed by atoms with van der Waals surface area (Å²) in [5.74, 6) is -4.92. The van der Waals surface area contributed by atoms with Crippen molar-refractivity contribution in [1.29, 1.82) is 0 Å². The molecular formula is C13H14F3NO2. The van der Waals surface area contributed by atoms with Gasteiger partial charge in [-0.15, -0.1) is 0 Å². The first-order chi connectivity index (χ1) is 9.01. The molecule has 1 amide bonds. The van der Waals surface area contributed by atoms with Gasteiger partial charge in [-0.25, -0.2) is 13.2 Å². The second-order valence-corrected chi connectivity index (χ2v) is 4.47. The minimum Gasteiger partial charge on any atom is -0.378 e. The van der Waals surface area contributed by atoms with Crippen LogP contribution in [0.2, 0.25) is 0 Å². The van der Waals surface area contributed by atoms with E-state index in [1.807, 2.05) is 6.92 Å². The maximum atomic E-state index is 13.0. The van der Waals surface area contributed by atoms with Crippen molar-refractivity contribution in [1.82, 2.24) is 5.32 Å². The molecule has 1 fully saturated rings. The first kappa shape index (κ1) is 13.9. The molecule has 0 spiro atoms. The lowest BCUT2D eigenvalue weighted by Gasteiger charge is -2.35. The average molecular weight is 273 g/mol. The predicted octanol–water partition coefficient (Wildman–Crippen LogP) is 2.40. The van der Waals surface area contributed by atoms with Crippen LogP contribution in [0.5, 0.6) is 0 Å². The number of hydrogen-bond donors (Lipinski definition) is 1. The fraction of sp³-hybridized carbons (Fsp3) is 0.462. The summed E-state index contributed by atoms with van der Waals surface area (Å²) in [6, 6.07) is 1.30. The Morgan fingerprint density at radius 1 is 1.32 bits per heavy atom. The van der Waals surface area contributed by atoms with Crippen molar-refractivity contribution in [2.24, 2.45) is 0 Å². The maximum absolute atomic E-state index is 13.0. The summed E-state index contributed by atoms with van der Waals surface area (Å²) < 4.78 is 44.0. The number of amides is 1. The molecule has 6 heteroatoms. The minimum atomic E-state index is -1.57. The summed E-state index contributed by atoms with van der Waals surface area (Å²) in [6.45, 7) is 2.50. The fourth-order valence-corrected chi connectivity index (χ4v) is 2.01. The number of carbonyl (C=O) groups is 1. The van der Waals surface area contributed by atoms with Gasteiger partial charge in [0.25, 0.3) is 5.91 Å². The Morgan fingerprint density at radius 3 is 2.42 bits per heavy atom. The van der Waals surface area contributed by atoms with Crippen LogP contribution in [-0.4, -0.2) is 24.7 Å². The topological polar surface area (TPSA) is 38.3 Å². The molecule has 0 unspecified atom stereocenters. The van der Waals surface area contributed by atoms with Gasteiger partial charge in [0.1, 0.15) is 0 Å². The summed E-state index contributed by atoms with van der Waals surface area (Å²) in [4.78, 5) is 11.7. The number of rotatable bonds is 4. The van der Waals surface area contributed by atoms with Gasteiger partial charge >= 0.3 is 0 Å². The van der Waals surface area contributed by atoms with Gasteiger partial charge in [-0.3, -0.25) is 4.79 Å². The van der Waals surface area contributed by atoms with Gasteiger partial charge in [0.2, 0.25) is 0 Å². The third kappa shape index (κ3) is 3.07. The van der Waals surface area contributed by atoms with Crippen molar-refractivity contribution in [3.05, 3.63) is 35.1 Å². The van der Waals surface area contributed by atoms with E-state index in [1.165, 1.54) is 0 Å². The van der Waals surface area contributed by atoms with E-state index in [0.717, 1.165) is 0 Å². The number of hydrogen-bond acceptors (Lipinski definition) is 2. The van der Waals surface area contributed by atoms with Crippen LogP contribution in [0.1, 0.15) is 30.1 Å². The van der Waals surface area contributed by atoms with Crippen LogP contribution in [0.4, 0.5) is 13.2 Å². The molecule has 0 saturated heterocycles. The molecular weight excluding hydrogens is 259 g/mol. The second-order valence-electron chi connectivity index (χ2n) is 4.47. The molecule has 104 valence electrons. The van der Waals surface area contributed by atoms with Crippen LogP contribution in [-0.2, 0) is 4.74 Å². The van der Waals surface area contributed by atoms with Crippen LogP contribution in [0.25, 0.3) is 0 Å². The van der Waals surface area contributed by atoms with Crippen LogP contribution in [0.3, 0.4) is 0 Å². The van der Waals surface area contributed by atoms with Crippen LogP contribution in [0, 0.1) is 17.5 Å². The van der Waals surface area contributed by atoms with E-state index < -0.39 is 23.4 Å². The molecule has 19 heavy (non-hydrogen) atoms. The Labute approximate surface area is 108 Å². The highest BCUT2D eigenvalue weighted by Gasteiger charge is 2.31. The lowest BCUT2D eigenvalue weighted by molar-refractivity contribution is -0.00863. The molecule has 1 N–H and O–H groups in total. The zero-order valence-electron chi connectivity index (χ0n) is 10.4. The lowest BCUT2D eigenvalue weighted by Crippen LogP contribution is -2.47. The van der Waals surface area contributed by atoms with E-state index in [-0.39, 0.29) is 17.7 Å². The van der Waals surface area contributed by atoms with E-state index >= 15 is 0 Å². The highest BCUT2D eigenvalue weighted by molar-refractivity contribution is 5.94. The van der Waals surface area contributed by atoms with E-state index in [1.54, 1.807) is 0 Å². The highest BCUT2D eigenvalue weighted by atomic mass is 19.2. The number of carbonyl (C=O) groups excluding carboxylic acids is 1. The first-order valence-corrected chi connectivity index (χ1v) is 6.08. The van der Waals surface area contributed by atoms with Crippen molar-refractivity contribution < 1.29 is 22.7 Å². The molecule has 0 bridgehead atoms. The highest BCUT2D eigenvalue weighted by Crippen LogP contribution is 2.23. The van der Waals surface area contributed by atoms with Gasteiger partial charge in [-0.1, -0.05) is 0 Å². The molecule has 1 aliphatic carbocycles. The Bertz CT molecular complexity index is 464. The molecule has 1 saturated carbocycles. The Balaban J connectivity index is 1.94. The maximum Gasteiger partial charge on any atom is 0.251 e. The Kier molecular flexibility index (Phi) is 4.09. The molecule has 0 atom stereocenters. The van der Waals surface area contributed by atoms with Crippen LogP contribution >= 0.6 is 0 Å². The van der Waals surface area contributed by atoms with Crippen molar-refractivity contribution in [3.8, 4) is 0 Å². The Morgan fingerprint density at radius 2 is 1.89 bits per heavy atom. The monoisotopic (exact) mass is 273 g/mol. The normalized spacial score (nSPS) is 21.9.